The van der Waals surface area contributed by atoms with Gasteiger partial charge in [-0.1, -0.05) is 12.1 Å². The van der Waals surface area contributed by atoms with Crippen LogP contribution in [0.2, 0.25) is 0 Å². The number of imidazole rings is 1. The van der Waals surface area contributed by atoms with E-state index in [1.165, 1.54) is 0 Å². The lowest BCUT2D eigenvalue weighted by atomic mass is 9.91. The average Bonchev–Trinajstić information content (AvgIpc) is 3.24. The van der Waals surface area contributed by atoms with Crippen LogP contribution in [0.15, 0.2) is 36.5 Å². The minimum atomic E-state index is -4.26. The van der Waals surface area contributed by atoms with Crippen LogP contribution in [-0.2, 0) is 6.42 Å². The molecule has 5 rings (SSSR count). The fourth-order valence-corrected chi connectivity index (χ4v) is 5.41. The summed E-state index contributed by atoms with van der Waals surface area (Å²) in [6.07, 6.45) is -1.03. The Bertz CT molecular complexity index is 1140. The van der Waals surface area contributed by atoms with Gasteiger partial charge in [0.05, 0.1) is 40.9 Å². The highest BCUT2D eigenvalue weighted by molar-refractivity contribution is 5.89. The zero-order valence-electron chi connectivity index (χ0n) is 19.6. The van der Waals surface area contributed by atoms with E-state index in [1.807, 2.05) is 19.2 Å². The molecule has 34 heavy (non-hydrogen) atoms. The summed E-state index contributed by atoms with van der Waals surface area (Å²) < 4.78 is 39.6. The molecule has 2 saturated heterocycles. The van der Waals surface area contributed by atoms with Crippen molar-refractivity contribution in [3.63, 3.8) is 0 Å². The molecule has 0 amide bonds. The molecule has 0 unspecified atom stereocenters. The predicted molar refractivity (Wildman–Crippen MR) is 127 cm³/mol. The van der Waals surface area contributed by atoms with Crippen LogP contribution in [0.1, 0.15) is 48.4 Å². The van der Waals surface area contributed by atoms with Gasteiger partial charge in [-0.05, 0) is 57.1 Å². The van der Waals surface area contributed by atoms with Crippen LogP contribution in [0, 0.1) is 0 Å². The number of para-hydroxylation sites is 1. The summed E-state index contributed by atoms with van der Waals surface area (Å²) in [6.45, 7) is 3.98. The number of H-pyrrole nitrogens is 1. The first-order valence-corrected chi connectivity index (χ1v) is 11.9. The second-order valence-corrected chi connectivity index (χ2v) is 9.55. The molecule has 4 heterocycles. The van der Waals surface area contributed by atoms with Gasteiger partial charge < -0.3 is 14.8 Å². The highest BCUT2D eigenvalue weighted by Gasteiger charge is 2.36. The molecule has 182 valence electrons. The van der Waals surface area contributed by atoms with Crippen molar-refractivity contribution in [1.82, 2.24) is 24.8 Å². The summed E-state index contributed by atoms with van der Waals surface area (Å²) >= 11 is 0. The number of hydrogen-bond donors (Lipinski definition) is 1. The maximum absolute atomic E-state index is 13.2. The molecule has 9 heteroatoms. The molecular formula is C25H31F3N6. The highest BCUT2D eigenvalue weighted by Crippen LogP contribution is 2.41. The van der Waals surface area contributed by atoms with Crippen molar-refractivity contribution in [3.8, 4) is 0 Å². The van der Waals surface area contributed by atoms with E-state index < -0.39 is 12.6 Å². The Morgan fingerprint density at radius 2 is 1.76 bits per heavy atom. The molecule has 2 aliphatic heterocycles. The summed E-state index contributed by atoms with van der Waals surface area (Å²) in [7, 11) is 4.12. The van der Waals surface area contributed by atoms with Gasteiger partial charge in [-0.3, -0.25) is 9.88 Å². The van der Waals surface area contributed by atoms with Crippen LogP contribution in [0.3, 0.4) is 0 Å². The number of aromatic nitrogens is 3. The van der Waals surface area contributed by atoms with Gasteiger partial charge in [0.15, 0.2) is 0 Å². The van der Waals surface area contributed by atoms with E-state index in [4.69, 9.17) is 4.98 Å². The van der Waals surface area contributed by atoms with Gasteiger partial charge in [-0.15, -0.1) is 0 Å². The number of benzene rings is 1. The lowest BCUT2D eigenvalue weighted by Gasteiger charge is -2.39. The Kier molecular flexibility index (Phi) is 6.24. The minimum absolute atomic E-state index is 0.00719. The number of likely N-dealkylation sites (N-methyl/N-ethyl adjacent to an activating group) is 1. The predicted octanol–water partition coefficient (Wildman–Crippen LogP) is 4.71. The summed E-state index contributed by atoms with van der Waals surface area (Å²) in [4.78, 5) is 19.8. The number of halogens is 3. The van der Waals surface area contributed by atoms with Crippen LogP contribution in [-0.4, -0.2) is 71.2 Å². The van der Waals surface area contributed by atoms with Crippen LogP contribution >= 0.6 is 0 Å². The zero-order valence-corrected chi connectivity index (χ0v) is 19.6. The molecule has 2 aliphatic rings. The number of anilines is 1. The number of pyridine rings is 1. The highest BCUT2D eigenvalue weighted by atomic mass is 19.4. The number of piperazine rings is 1. The molecule has 0 saturated carbocycles. The van der Waals surface area contributed by atoms with E-state index >= 15 is 0 Å². The van der Waals surface area contributed by atoms with Gasteiger partial charge >= 0.3 is 6.18 Å². The summed E-state index contributed by atoms with van der Waals surface area (Å²) in [6, 6.07) is 9.16. The van der Waals surface area contributed by atoms with Crippen molar-refractivity contribution in [2.24, 2.45) is 0 Å². The lowest BCUT2D eigenvalue weighted by Crippen LogP contribution is -2.44. The third-order valence-corrected chi connectivity index (χ3v) is 7.25. The van der Waals surface area contributed by atoms with Crippen molar-refractivity contribution in [3.05, 3.63) is 53.6 Å². The normalized spacial score (nSPS) is 23.0. The van der Waals surface area contributed by atoms with Crippen molar-refractivity contribution < 1.29 is 13.2 Å². The number of piperidine rings is 1. The molecular weight excluding hydrogens is 441 g/mol. The minimum Gasteiger partial charge on any atom is -0.367 e. The number of likely N-dealkylation sites (tertiary alicyclic amines) is 1. The molecule has 1 N–H and O–H groups in total. The van der Waals surface area contributed by atoms with Gasteiger partial charge in [0.2, 0.25) is 0 Å². The first-order chi connectivity index (χ1) is 16.3. The molecule has 1 aromatic carbocycles. The summed E-state index contributed by atoms with van der Waals surface area (Å²) in [5, 5.41) is 0. The number of aromatic amines is 1. The maximum Gasteiger partial charge on any atom is 0.393 e. The average molecular weight is 473 g/mol. The first-order valence-electron chi connectivity index (χ1n) is 11.9. The largest absolute Gasteiger partial charge is 0.393 e. The van der Waals surface area contributed by atoms with Crippen molar-refractivity contribution in [2.75, 3.05) is 45.2 Å². The number of hydrogen-bond acceptors (Lipinski definition) is 5. The Morgan fingerprint density at radius 1 is 1.00 bits per heavy atom. The van der Waals surface area contributed by atoms with Crippen LogP contribution < -0.4 is 4.90 Å². The molecule has 3 aromatic rings. The number of rotatable bonds is 4. The number of fused-ring (bicyclic) bond motifs is 1. The van der Waals surface area contributed by atoms with Crippen LogP contribution in [0.4, 0.5) is 18.9 Å². The van der Waals surface area contributed by atoms with Gasteiger partial charge in [0, 0.05) is 32.4 Å². The molecule has 2 aromatic heterocycles. The number of nitrogens with zero attached hydrogens (tertiary/aromatic N) is 5. The molecule has 0 aliphatic carbocycles. The van der Waals surface area contributed by atoms with Crippen molar-refractivity contribution in [2.45, 2.75) is 43.9 Å². The fourth-order valence-electron chi connectivity index (χ4n) is 5.41. The quantitative estimate of drug-likeness (QED) is 0.596. The van der Waals surface area contributed by atoms with Crippen LogP contribution in [0.25, 0.3) is 11.0 Å². The molecule has 0 bridgehead atoms. The van der Waals surface area contributed by atoms with Gasteiger partial charge in [-0.25, -0.2) is 4.98 Å². The third-order valence-electron chi connectivity index (χ3n) is 7.25. The zero-order chi connectivity index (χ0) is 23.9. The molecule has 0 spiro atoms. The first kappa shape index (κ1) is 23.1. The maximum atomic E-state index is 13.2. The van der Waals surface area contributed by atoms with E-state index in [-0.39, 0.29) is 17.6 Å². The summed E-state index contributed by atoms with van der Waals surface area (Å²) in [5.41, 5.74) is 3.91. The third kappa shape index (κ3) is 4.63. The van der Waals surface area contributed by atoms with E-state index in [1.54, 1.807) is 18.3 Å². The van der Waals surface area contributed by atoms with E-state index in [2.05, 4.69) is 37.8 Å². The molecule has 2 atom stereocenters. The van der Waals surface area contributed by atoms with Crippen molar-refractivity contribution >= 4 is 16.7 Å². The molecule has 0 radical (unpaired) electrons. The Balaban J connectivity index is 1.44. The number of alkyl halides is 3. The van der Waals surface area contributed by atoms with Crippen molar-refractivity contribution in [1.29, 1.82) is 0 Å². The topological polar surface area (TPSA) is 51.3 Å². The Hall–Kier alpha value is -2.65. The second kappa shape index (κ2) is 9.19. The van der Waals surface area contributed by atoms with E-state index in [9.17, 15) is 13.2 Å². The standard InChI is InChI=1S/C25H31F3N6/c1-32-12-14-34(15-13-32)20-9-3-7-18-23(20)31-24(30-18)21-10-4-8-19(33(21)2)22-17(6-5-11-29-22)16-25(26,27)28/h3,5-7,9,11,19,21H,4,8,10,12-16H2,1-2H3,(H,30,31)/t19-,21+/m0/s1. The Labute approximate surface area is 197 Å². The number of nitrogens with one attached hydrogen (secondary N) is 1. The van der Waals surface area contributed by atoms with E-state index in [0.29, 0.717) is 5.69 Å². The Morgan fingerprint density at radius 3 is 2.53 bits per heavy atom. The summed E-state index contributed by atoms with van der Waals surface area (Å²) in [5.74, 6) is 0.872. The molecule has 6 nitrogen and oxygen atoms in total. The smallest absolute Gasteiger partial charge is 0.367 e. The second-order valence-electron chi connectivity index (χ2n) is 9.55. The lowest BCUT2D eigenvalue weighted by molar-refractivity contribution is -0.127. The van der Waals surface area contributed by atoms with Gasteiger partial charge in [-0.2, -0.15) is 13.2 Å². The van der Waals surface area contributed by atoms with Crippen LogP contribution in [0.5, 0.6) is 0 Å². The fraction of sp³-hybridized carbons (Fsp3) is 0.520. The monoisotopic (exact) mass is 472 g/mol. The van der Waals surface area contributed by atoms with Gasteiger partial charge in [0.25, 0.3) is 0 Å². The van der Waals surface area contributed by atoms with E-state index in [0.717, 1.165) is 68.0 Å². The van der Waals surface area contributed by atoms with Gasteiger partial charge in [0.1, 0.15) is 5.82 Å². The molecule has 2 fully saturated rings. The SMILES string of the molecule is CN1CCN(c2cccc3nc([C@H]4CCC[C@@H](c5ncccc5CC(F)(F)F)N4C)[nH]c23)CC1.